The largest absolute Gasteiger partial charge is 0.376 e. The van der Waals surface area contributed by atoms with Gasteiger partial charge in [-0.15, -0.1) is 11.3 Å². The molecule has 0 spiro atoms. The molecule has 1 heterocycles. The molecule has 20 heavy (non-hydrogen) atoms. The van der Waals surface area contributed by atoms with Crippen molar-refractivity contribution in [2.24, 2.45) is 0 Å². The standard InChI is InChI=1S/C15H17ClN2OS/c1-10-5-6-12(8-13(10)16)17-9-15(19)18-11(2)14-4-3-7-20-14/h3-8,11,17H,9H2,1-2H3,(H,18,19). The molecule has 0 aliphatic rings. The molecule has 1 amide bonds. The first-order valence-corrected chi connectivity index (χ1v) is 7.65. The molecule has 1 aromatic carbocycles. The quantitative estimate of drug-likeness (QED) is 0.876. The van der Waals surface area contributed by atoms with E-state index in [1.54, 1.807) is 11.3 Å². The lowest BCUT2D eigenvalue weighted by Crippen LogP contribution is -2.31. The molecular formula is C15H17ClN2OS. The van der Waals surface area contributed by atoms with E-state index >= 15 is 0 Å². The maximum absolute atomic E-state index is 11.9. The number of nitrogens with one attached hydrogen (secondary N) is 2. The molecule has 0 bridgehead atoms. The number of benzene rings is 1. The van der Waals surface area contributed by atoms with Gasteiger partial charge in [-0.25, -0.2) is 0 Å². The lowest BCUT2D eigenvalue weighted by atomic mass is 10.2. The molecule has 106 valence electrons. The fraction of sp³-hybridized carbons (Fsp3) is 0.267. The predicted molar refractivity (Wildman–Crippen MR) is 85.6 cm³/mol. The highest BCUT2D eigenvalue weighted by Gasteiger charge is 2.10. The Balaban J connectivity index is 1.84. The van der Waals surface area contributed by atoms with Gasteiger partial charge in [-0.05, 0) is 43.0 Å². The summed E-state index contributed by atoms with van der Waals surface area (Å²) < 4.78 is 0. The van der Waals surface area contributed by atoms with Crippen LogP contribution in [0.4, 0.5) is 5.69 Å². The van der Waals surface area contributed by atoms with Crippen LogP contribution in [0.5, 0.6) is 0 Å². The first-order valence-electron chi connectivity index (χ1n) is 6.39. The number of hydrogen-bond acceptors (Lipinski definition) is 3. The van der Waals surface area contributed by atoms with Crippen molar-refractivity contribution >= 4 is 34.5 Å². The summed E-state index contributed by atoms with van der Waals surface area (Å²) in [7, 11) is 0. The van der Waals surface area contributed by atoms with Gasteiger partial charge in [0, 0.05) is 15.6 Å². The van der Waals surface area contributed by atoms with E-state index < -0.39 is 0 Å². The second-order valence-electron chi connectivity index (χ2n) is 4.62. The van der Waals surface area contributed by atoms with E-state index in [1.807, 2.05) is 49.6 Å². The van der Waals surface area contributed by atoms with E-state index in [0.29, 0.717) is 5.02 Å². The number of rotatable bonds is 5. The molecule has 1 aromatic heterocycles. The second kappa shape index (κ2) is 6.77. The molecule has 0 aliphatic heterocycles. The Labute approximate surface area is 128 Å². The molecule has 0 fully saturated rings. The highest BCUT2D eigenvalue weighted by Crippen LogP contribution is 2.20. The number of anilines is 1. The number of carbonyl (C=O) groups is 1. The van der Waals surface area contributed by atoms with Gasteiger partial charge in [-0.3, -0.25) is 4.79 Å². The monoisotopic (exact) mass is 308 g/mol. The van der Waals surface area contributed by atoms with Crippen LogP contribution < -0.4 is 10.6 Å². The lowest BCUT2D eigenvalue weighted by molar-refractivity contribution is -0.120. The first kappa shape index (κ1) is 14.9. The van der Waals surface area contributed by atoms with Crippen LogP contribution in [0.2, 0.25) is 5.02 Å². The zero-order chi connectivity index (χ0) is 14.5. The Kier molecular flexibility index (Phi) is 5.04. The minimum atomic E-state index is -0.0393. The molecule has 2 rings (SSSR count). The molecule has 1 unspecified atom stereocenters. The highest BCUT2D eigenvalue weighted by molar-refractivity contribution is 7.10. The van der Waals surface area contributed by atoms with Gasteiger partial charge in [0.1, 0.15) is 0 Å². The smallest absolute Gasteiger partial charge is 0.239 e. The molecule has 0 saturated carbocycles. The van der Waals surface area contributed by atoms with Crippen LogP contribution in [0.3, 0.4) is 0 Å². The van der Waals surface area contributed by atoms with Gasteiger partial charge < -0.3 is 10.6 Å². The lowest BCUT2D eigenvalue weighted by Gasteiger charge is -2.13. The summed E-state index contributed by atoms with van der Waals surface area (Å²) in [6, 6.07) is 9.70. The van der Waals surface area contributed by atoms with E-state index in [4.69, 9.17) is 11.6 Å². The summed E-state index contributed by atoms with van der Waals surface area (Å²) in [4.78, 5) is 13.0. The van der Waals surface area contributed by atoms with Crippen molar-refractivity contribution in [3.63, 3.8) is 0 Å². The van der Waals surface area contributed by atoms with Crippen LogP contribution in [0.25, 0.3) is 0 Å². The van der Waals surface area contributed by atoms with Crippen LogP contribution in [0.1, 0.15) is 23.4 Å². The van der Waals surface area contributed by atoms with Crippen LogP contribution in [0, 0.1) is 6.92 Å². The number of halogens is 1. The van der Waals surface area contributed by atoms with Crippen molar-refractivity contribution in [3.05, 3.63) is 51.2 Å². The molecule has 3 nitrogen and oxygen atoms in total. The van der Waals surface area contributed by atoms with Gasteiger partial charge in [0.15, 0.2) is 0 Å². The van der Waals surface area contributed by atoms with Gasteiger partial charge in [0.2, 0.25) is 5.91 Å². The minimum Gasteiger partial charge on any atom is -0.376 e. The Morgan fingerprint density at radius 3 is 2.85 bits per heavy atom. The third-order valence-electron chi connectivity index (χ3n) is 2.97. The van der Waals surface area contributed by atoms with Crippen LogP contribution in [0.15, 0.2) is 35.7 Å². The third-order valence-corrected chi connectivity index (χ3v) is 4.43. The fourth-order valence-electron chi connectivity index (χ4n) is 1.79. The summed E-state index contributed by atoms with van der Waals surface area (Å²) in [5.74, 6) is -0.0393. The number of aryl methyl sites for hydroxylation is 1. The third kappa shape index (κ3) is 3.99. The average Bonchev–Trinajstić information content (AvgIpc) is 2.94. The van der Waals surface area contributed by atoms with E-state index in [2.05, 4.69) is 10.6 Å². The SMILES string of the molecule is Cc1ccc(NCC(=O)NC(C)c2cccs2)cc1Cl. The van der Waals surface area contributed by atoms with Crippen molar-refractivity contribution in [1.29, 1.82) is 0 Å². The molecule has 5 heteroatoms. The van der Waals surface area contributed by atoms with Crippen molar-refractivity contribution in [1.82, 2.24) is 5.32 Å². The first-order chi connectivity index (χ1) is 9.56. The fourth-order valence-corrected chi connectivity index (χ4v) is 2.70. The van der Waals surface area contributed by atoms with Crippen LogP contribution in [-0.4, -0.2) is 12.5 Å². The average molecular weight is 309 g/mol. The molecule has 2 N–H and O–H groups in total. The molecule has 0 radical (unpaired) electrons. The number of carbonyl (C=O) groups excluding carboxylic acids is 1. The summed E-state index contributed by atoms with van der Waals surface area (Å²) in [6.45, 7) is 4.16. The van der Waals surface area contributed by atoms with Crippen molar-refractivity contribution in [2.45, 2.75) is 19.9 Å². The molecule has 0 saturated heterocycles. The summed E-state index contributed by atoms with van der Waals surface area (Å²) in [5.41, 5.74) is 1.87. The van der Waals surface area contributed by atoms with Crippen molar-refractivity contribution < 1.29 is 4.79 Å². The van der Waals surface area contributed by atoms with E-state index in [9.17, 15) is 4.79 Å². The number of amides is 1. The van der Waals surface area contributed by atoms with Crippen LogP contribution >= 0.6 is 22.9 Å². The summed E-state index contributed by atoms with van der Waals surface area (Å²) in [5, 5.41) is 8.73. The predicted octanol–water partition coefficient (Wildman–Crippen LogP) is 4.00. The van der Waals surface area contributed by atoms with E-state index in [-0.39, 0.29) is 18.5 Å². The summed E-state index contributed by atoms with van der Waals surface area (Å²) in [6.07, 6.45) is 0. The topological polar surface area (TPSA) is 41.1 Å². The van der Waals surface area contributed by atoms with Gasteiger partial charge in [0.05, 0.1) is 12.6 Å². The normalized spacial score (nSPS) is 11.9. The highest BCUT2D eigenvalue weighted by atomic mass is 35.5. The summed E-state index contributed by atoms with van der Waals surface area (Å²) >= 11 is 7.68. The Morgan fingerprint density at radius 1 is 1.40 bits per heavy atom. The molecule has 2 aromatic rings. The Morgan fingerprint density at radius 2 is 2.20 bits per heavy atom. The molecule has 1 atom stereocenters. The van der Waals surface area contributed by atoms with E-state index in [1.165, 1.54) is 0 Å². The maximum atomic E-state index is 11.9. The van der Waals surface area contributed by atoms with Crippen LogP contribution in [-0.2, 0) is 4.79 Å². The van der Waals surface area contributed by atoms with Gasteiger partial charge in [-0.1, -0.05) is 23.7 Å². The van der Waals surface area contributed by atoms with Crippen molar-refractivity contribution in [2.75, 3.05) is 11.9 Å². The van der Waals surface area contributed by atoms with E-state index in [0.717, 1.165) is 16.1 Å². The zero-order valence-corrected chi connectivity index (χ0v) is 13.0. The second-order valence-corrected chi connectivity index (χ2v) is 6.01. The van der Waals surface area contributed by atoms with Crippen molar-refractivity contribution in [3.8, 4) is 0 Å². The Bertz CT molecular complexity index is 584. The van der Waals surface area contributed by atoms with Gasteiger partial charge >= 0.3 is 0 Å². The number of hydrogen-bond donors (Lipinski definition) is 2. The Hall–Kier alpha value is -1.52. The molecular weight excluding hydrogens is 292 g/mol. The molecule has 0 aliphatic carbocycles. The zero-order valence-electron chi connectivity index (χ0n) is 11.4. The number of thiophene rings is 1. The minimum absolute atomic E-state index is 0.0332. The van der Waals surface area contributed by atoms with Gasteiger partial charge in [0.25, 0.3) is 0 Å². The van der Waals surface area contributed by atoms with Gasteiger partial charge in [-0.2, -0.15) is 0 Å². The maximum Gasteiger partial charge on any atom is 0.239 e.